The number of aromatic nitrogens is 3. The zero-order valence-electron chi connectivity index (χ0n) is 13.1. The number of hydrogen-bond acceptors (Lipinski definition) is 5. The minimum absolute atomic E-state index is 0.0173. The molecule has 0 spiro atoms. The summed E-state index contributed by atoms with van der Waals surface area (Å²) in [5.74, 6) is -0.339. The second-order valence-corrected chi connectivity index (χ2v) is 6.07. The molecule has 2 heterocycles. The molecule has 0 aliphatic heterocycles. The van der Waals surface area contributed by atoms with Crippen LogP contribution in [0.1, 0.15) is 27.7 Å². The molecule has 0 amide bonds. The largest absolute Gasteiger partial charge is 0.462 e. The second-order valence-electron chi connectivity index (χ2n) is 5.13. The number of aryl methyl sites for hydroxylation is 1. The van der Waals surface area contributed by atoms with Gasteiger partial charge in [0, 0.05) is 5.56 Å². The number of halogens is 2. The average Bonchev–Trinajstić information content (AvgIpc) is 3.22. The van der Waals surface area contributed by atoms with Crippen molar-refractivity contribution in [3.05, 3.63) is 64.9 Å². The minimum Gasteiger partial charge on any atom is -0.462 e. The summed E-state index contributed by atoms with van der Waals surface area (Å²) in [6.45, 7) is 1.85. The highest BCUT2D eigenvalue weighted by Crippen LogP contribution is 2.17. The fraction of sp³-hybridized carbons (Fsp3) is 0.118. The van der Waals surface area contributed by atoms with Gasteiger partial charge in [-0.15, -0.1) is 5.10 Å². The van der Waals surface area contributed by atoms with Gasteiger partial charge in [0.1, 0.15) is 17.3 Å². The number of carbonyl (C=O) groups is 1. The van der Waals surface area contributed by atoms with Crippen LogP contribution in [0, 0.1) is 18.6 Å². The fourth-order valence-corrected chi connectivity index (χ4v) is 2.68. The number of hydrogen-bond donors (Lipinski definition) is 1. The number of H-pyrrole nitrogens is 1. The fourth-order valence-electron chi connectivity index (χ4n) is 1.98. The molecule has 0 aliphatic carbocycles. The number of nitrogens with one attached hydrogen (secondary N) is 1. The van der Waals surface area contributed by atoms with Gasteiger partial charge in [0.05, 0.1) is 5.75 Å². The summed E-state index contributed by atoms with van der Waals surface area (Å²) in [4.78, 5) is 16.2. The molecular formula is C17H13F2N3O2S. The van der Waals surface area contributed by atoms with Gasteiger partial charge in [0.2, 0.25) is 5.16 Å². The number of Topliss-reactive ketones (excluding diaryl/α,β-unsaturated/α-hetero) is 1. The van der Waals surface area contributed by atoms with Crippen molar-refractivity contribution < 1.29 is 18.0 Å². The first kappa shape index (κ1) is 17.1. The smallest absolute Gasteiger partial charge is 0.209 e. The lowest BCUT2D eigenvalue weighted by molar-refractivity contribution is 0.102. The van der Waals surface area contributed by atoms with Crippen LogP contribution in [0.25, 0.3) is 12.2 Å². The summed E-state index contributed by atoms with van der Waals surface area (Å²) in [5, 5.41) is 7.10. The van der Waals surface area contributed by atoms with Crippen LogP contribution in [0.5, 0.6) is 0 Å². The third kappa shape index (κ3) is 4.42. The van der Waals surface area contributed by atoms with E-state index in [1.54, 1.807) is 12.2 Å². The number of nitrogens with zero attached hydrogens (tertiary/aromatic N) is 2. The number of rotatable bonds is 6. The Morgan fingerprint density at radius 1 is 1.24 bits per heavy atom. The Labute approximate surface area is 146 Å². The lowest BCUT2D eigenvalue weighted by atomic mass is 10.1. The van der Waals surface area contributed by atoms with Gasteiger partial charge in [-0.1, -0.05) is 11.8 Å². The third-order valence-corrected chi connectivity index (χ3v) is 4.07. The lowest BCUT2D eigenvalue weighted by Gasteiger charge is -2.00. The maximum Gasteiger partial charge on any atom is 0.209 e. The van der Waals surface area contributed by atoms with E-state index in [9.17, 15) is 13.6 Å². The molecule has 128 valence electrons. The molecule has 0 atom stereocenters. The Morgan fingerprint density at radius 2 is 2.08 bits per heavy atom. The summed E-state index contributed by atoms with van der Waals surface area (Å²) in [6.07, 6.45) is 3.45. The number of thioether (sulfide) groups is 1. The number of aromatic amines is 1. The van der Waals surface area contributed by atoms with Crippen molar-refractivity contribution in [2.24, 2.45) is 0 Å². The van der Waals surface area contributed by atoms with Crippen molar-refractivity contribution in [2.75, 3.05) is 5.75 Å². The maximum atomic E-state index is 13.2. The molecule has 1 aromatic carbocycles. The topological polar surface area (TPSA) is 71.8 Å². The number of furan rings is 1. The van der Waals surface area contributed by atoms with Crippen molar-refractivity contribution in [2.45, 2.75) is 12.1 Å². The molecule has 5 nitrogen and oxygen atoms in total. The van der Waals surface area contributed by atoms with Crippen LogP contribution in [0.4, 0.5) is 8.78 Å². The number of benzene rings is 1. The van der Waals surface area contributed by atoms with E-state index in [2.05, 4.69) is 15.2 Å². The molecule has 0 bridgehead atoms. The van der Waals surface area contributed by atoms with E-state index in [0.29, 0.717) is 16.7 Å². The normalized spacial score (nSPS) is 11.3. The highest BCUT2D eigenvalue weighted by Gasteiger charge is 2.12. The van der Waals surface area contributed by atoms with Gasteiger partial charge in [0.15, 0.2) is 17.4 Å². The Hall–Kier alpha value is -2.74. The van der Waals surface area contributed by atoms with Crippen molar-refractivity contribution in [3.63, 3.8) is 0 Å². The Balaban J connectivity index is 1.58. The zero-order chi connectivity index (χ0) is 17.8. The number of ketones is 1. The van der Waals surface area contributed by atoms with E-state index in [1.165, 1.54) is 6.07 Å². The van der Waals surface area contributed by atoms with Gasteiger partial charge in [-0.2, -0.15) is 0 Å². The van der Waals surface area contributed by atoms with E-state index < -0.39 is 11.6 Å². The standard InChI is InChI=1S/C17H13F2N3O2S/c1-10-2-4-12(24-10)5-7-16-20-17(22-21-16)25-9-15(23)11-3-6-13(18)14(19)8-11/h2-8H,9H2,1H3,(H,20,21,22). The van der Waals surface area contributed by atoms with Crippen molar-refractivity contribution in [1.82, 2.24) is 15.2 Å². The van der Waals surface area contributed by atoms with Gasteiger partial charge < -0.3 is 4.42 Å². The van der Waals surface area contributed by atoms with Crippen molar-refractivity contribution >= 4 is 29.7 Å². The molecule has 0 fully saturated rings. The highest BCUT2D eigenvalue weighted by molar-refractivity contribution is 7.99. The first-order valence-electron chi connectivity index (χ1n) is 7.29. The maximum absolute atomic E-state index is 13.2. The van der Waals surface area contributed by atoms with Crippen LogP contribution in [-0.4, -0.2) is 26.7 Å². The monoisotopic (exact) mass is 361 g/mol. The predicted octanol–water partition coefficient (Wildman–Crippen LogP) is 4.13. The van der Waals surface area contributed by atoms with E-state index in [4.69, 9.17) is 4.42 Å². The first-order chi connectivity index (χ1) is 12.0. The SMILES string of the molecule is Cc1ccc(C=Cc2nc(SCC(=O)c3ccc(F)c(F)c3)n[nH]2)o1. The minimum atomic E-state index is -1.05. The second kappa shape index (κ2) is 7.43. The molecule has 3 rings (SSSR count). The van der Waals surface area contributed by atoms with Crippen LogP contribution in [0.3, 0.4) is 0 Å². The molecular weight excluding hydrogens is 348 g/mol. The summed E-state index contributed by atoms with van der Waals surface area (Å²) in [6, 6.07) is 6.75. The van der Waals surface area contributed by atoms with Crippen molar-refractivity contribution in [3.8, 4) is 0 Å². The average molecular weight is 361 g/mol. The van der Waals surface area contributed by atoms with Crippen LogP contribution in [0.2, 0.25) is 0 Å². The molecule has 0 saturated heterocycles. The third-order valence-electron chi connectivity index (χ3n) is 3.22. The number of carbonyl (C=O) groups excluding carboxylic acids is 1. The van der Waals surface area contributed by atoms with Gasteiger partial charge >= 0.3 is 0 Å². The van der Waals surface area contributed by atoms with E-state index in [0.717, 1.165) is 29.7 Å². The molecule has 0 radical (unpaired) electrons. The van der Waals surface area contributed by atoms with Crippen LogP contribution >= 0.6 is 11.8 Å². The summed E-state index contributed by atoms with van der Waals surface area (Å²) in [7, 11) is 0. The quantitative estimate of drug-likeness (QED) is 0.528. The van der Waals surface area contributed by atoms with E-state index >= 15 is 0 Å². The molecule has 0 aliphatic rings. The summed E-state index contributed by atoms with van der Waals surface area (Å²) < 4.78 is 31.4. The van der Waals surface area contributed by atoms with Crippen molar-refractivity contribution in [1.29, 1.82) is 0 Å². The Kier molecular flexibility index (Phi) is 5.08. The van der Waals surface area contributed by atoms with Gasteiger partial charge in [0.25, 0.3) is 0 Å². The van der Waals surface area contributed by atoms with Crippen LogP contribution in [0.15, 0.2) is 39.9 Å². The summed E-state index contributed by atoms with van der Waals surface area (Å²) in [5.41, 5.74) is 0.107. The highest BCUT2D eigenvalue weighted by atomic mass is 32.2. The molecule has 8 heteroatoms. The molecule has 1 N–H and O–H groups in total. The van der Waals surface area contributed by atoms with E-state index in [1.807, 2.05) is 19.1 Å². The van der Waals surface area contributed by atoms with Crippen LogP contribution in [-0.2, 0) is 0 Å². The Bertz CT molecular complexity index is 934. The molecule has 0 saturated carbocycles. The summed E-state index contributed by atoms with van der Waals surface area (Å²) >= 11 is 1.10. The lowest BCUT2D eigenvalue weighted by Crippen LogP contribution is -2.03. The Morgan fingerprint density at radius 3 is 2.80 bits per heavy atom. The van der Waals surface area contributed by atoms with Gasteiger partial charge in [-0.05, 0) is 49.4 Å². The molecule has 3 aromatic rings. The van der Waals surface area contributed by atoms with Gasteiger partial charge in [-0.3, -0.25) is 9.89 Å². The first-order valence-corrected chi connectivity index (χ1v) is 8.28. The predicted molar refractivity (Wildman–Crippen MR) is 90.2 cm³/mol. The molecule has 0 unspecified atom stereocenters. The van der Waals surface area contributed by atoms with Crippen LogP contribution < -0.4 is 0 Å². The van der Waals surface area contributed by atoms with Gasteiger partial charge in [-0.25, -0.2) is 13.8 Å². The zero-order valence-corrected chi connectivity index (χ0v) is 13.9. The van der Waals surface area contributed by atoms with E-state index in [-0.39, 0.29) is 17.1 Å². The molecule has 25 heavy (non-hydrogen) atoms. The molecule has 2 aromatic heterocycles.